The van der Waals surface area contributed by atoms with E-state index in [0.29, 0.717) is 87.8 Å². The average molecular weight is 1120 g/mol. The average Bonchev–Trinajstić information content (AvgIpc) is 4.32. The fourth-order valence-corrected chi connectivity index (χ4v) is 11.4. The summed E-state index contributed by atoms with van der Waals surface area (Å²) in [5.74, 6) is -0.172. The summed E-state index contributed by atoms with van der Waals surface area (Å²) >= 11 is 0. The molecule has 3 unspecified atom stereocenters. The number of pyridine rings is 3. The van der Waals surface area contributed by atoms with Crippen LogP contribution in [0, 0.1) is 17.8 Å². The molecule has 0 bridgehead atoms. The second-order valence-corrected chi connectivity index (χ2v) is 21.5. The Hall–Kier alpha value is -7.02. The summed E-state index contributed by atoms with van der Waals surface area (Å²) in [6.45, 7) is 4.81. The molecule has 3 saturated heterocycles. The van der Waals surface area contributed by atoms with Gasteiger partial charge in [0.15, 0.2) is 5.75 Å². The van der Waals surface area contributed by atoms with Gasteiger partial charge in [0.05, 0.1) is 135 Å². The van der Waals surface area contributed by atoms with Crippen molar-refractivity contribution >= 4 is 63.1 Å². The minimum absolute atomic E-state index is 0.00998. The standard InChI is InChI=1S/C20H26N4O4.C19H24N4O4.C19H25N3O4/c1-21-20(26)15-11-24-14(10-17(23-24)18-12-27-7-8-28-18)9-16(15)22-19(25)13-5-3-2-4-6-13;20-18(24)14-10-23-13(9-16(22-23)17-11-26-6-7-27-17)8-15(14)21-19(25)12-4-2-1-3-5-12;1-24-17-11-22-14(10-16(21-22)18-12-25-7-8-26-18)9-15(17)20-19(23)13-5-3-2-4-6-13/h9-11,13,18H,2-8,12H2,1H3,(H,21,26)(H,22,25);8-10,12,17H,1-7,11H2,(H2,20,24)(H,21,25);9-11,13,18H,2-8,12H2,1H3,(H,20,23). The first kappa shape index (κ1) is 57.2. The van der Waals surface area contributed by atoms with Crippen LogP contribution in [0.4, 0.5) is 17.1 Å². The number of anilines is 3. The van der Waals surface area contributed by atoms with Gasteiger partial charge in [-0.05, 0) is 74.9 Å². The molecule has 9 heterocycles. The number of nitrogens with zero attached hydrogens (tertiary/aromatic N) is 6. The smallest absolute Gasteiger partial charge is 0.254 e. The maximum absolute atomic E-state index is 12.7. The maximum Gasteiger partial charge on any atom is 0.254 e. The van der Waals surface area contributed by atoms with Crippen LogP contribution < -0.4 is 31.7 Å². The van der Waals surface area contributed by atoms with Gasteiger partial charge >= 0.3 is 0 Å². The van der Waals surface area contributed by atoms with Crippen molar-refractivity contribution in [3.05, 3.63) is 83.2 Å². The minimum Gasteiger partial charge on any atom is -0.493 e. The van der Waals surface area contributed by atoms with E-state index < -0.39 is 5.91 Å². The van der Waals surface area contributed by atoms with Crippen LogP contribution in [0.1, 0.15) is 152 Å². The molecule has 6 fully saturated rings. The highest BCUT2D eigenvalue weighted by Gasteiger charge is 2.29. The number of nitrogens with one attached hydrogen (secondary N) is 4. The molecule has 12 rings (SSSR count). The lowest BCUT2D eigenvalue weighted by molar-refractivity contribution is -0.121. The van der Waals surface area contributed by atoms with Crippen LogP contribution in [0.2, 0.25) is 0 Å². The van der Waals surface area contributed by atoms with E-state index in [1.165, 1.54) is 19.3 Å². The first-order valence-electron chi connectivity index (χ1n) is 28.7. The number of carbonyl (C=O) groups is 5. The van der Waals surface area contributed by atoms with Gasteiger partial charge in [0.25, 0.3) is 11.8 Å². The molecule has 0 aromatic carbocycles. The van der Waals surface area contributed by atoms with Gasteiger partial charge in [-0.2, -0.15) is 15.3 Å². The monoisotopic (exact) mass is 1120 g/mol. The Balaban J connectivity index is 0.000000136. The molecule has 434 valence electrons. The number of fused-ring (bicyclic) bond motifs is 3. The predicted octanol–water partition coefficient (Wildman–Crippen LogP) is 7.29. The van der Waals surface area contributed by atoms with E-state index in [1.54, 1.807) is 58.4 Å². The summed E-state index contributed by atoms with van der Waals surface area (Å²) in [5, 5.41) is 25.2. The van der Waals surface area contributed by atoms with Crippen molar-refractivity contribution < 1.29 is 57.1 Å². The van der Waals surface area contributed by atoms with E-state index >= 15 is 0 Å². The Morgan fingerprint density at radius 2 is 0.852 bits per heavy atom. The van der Waals surface area contributed by atoms with E-state index in [-0.39, 0.29) is 65.3 Å². The summed E-state index contributed by atoms with van der Waals surface area (Å²) < 4.78 is 43.9. The number of rotatable bonds is 12. The van der Waals surface area contributed by atoms with E-state index in [9.17, 15) is 24.0 Å². The van der Waals surface area contributed by atoms with Crippen LogP contribution in [0.25, 0.3) is 16.6 Å². The number of hydrogen-bond donors (Lipinski definition) is 5. The largest absolute Gasteiger partial charge is 0.493 e. The van der Waals surface area contributed by atoms with Gasteiger partial charge in [-0.15, -0.1) is 0 Å². The molecular weight excluding hydrogens is 1040 g/mol. The van der Waals surface area contributed by atoms with Gasteiger partial charge in [0, 0.05) is 37.2 Å². The summed E-state index contributed by atoms with van der Waals surface area (Å²) in [4.78, 5) is 62.2. The molecule has 81 heavy (non-hydrogen) atoms. The Kier molecular flexibility index (Phi) is 19.2. The Labute approximate surface area is 469 Å². The number of aromatic nitrogens is 6. The van der Waals surface area contributed by atoms with Crippen molar-refractivity contribution in [2.45, 2.75) is 115 Å². The summed E-state index contributed by atoms with van der Waals surface area (Å²) in [6.07, 6.45) is 20.0. The minimum atomic E-state index is -0.606. The number of methoxy groups -OCH3 is 1. The molecular formula is C58H75N11O12. The molecule has 6 N–H and O–H groups in total. The number of carbonyl (C=O) groups excluding carboxylic acids is 5. The number of nitrogens with two attached hydrogens (primary N) is 1. The molecule has 6 aromatic rings. The SMILES string of the molecule is CNC(=O)c1cn2nc(C3COCCO3)cc2cc1NC(=O)C1CCCCC1.COc1cn2nc(C3COCCO3)cc2cc1NC(=O)C1CCCCC1.NC(=O)c1cn2nc(C3COCCO3)cc2cc1NC(=O)C1CCCCC1. The molecule has 23 nitrogen and oxygen atoms in total. The number of amides is 5. The lowest BCUT2D eigenvalue weighted by atomic mass is 9.88. The first-order valence-corrected chi connectivity index (χ1v) is 28.7. The van der Waals surface area contributed by atoms with Gasteiger partial charge in [-0.1, -0.05) is 57.8 Å². The second-order valence-electron chi connectivity index (χ2n) is 21.5. The fraction of sp³-hybridized carbons (Fsp3) is 0.552. The third-order valence-electron chi connectivity index (χ3n) is 15.9. The van der Waals surface area contributed by atoms with Crippen LogP contribution in [-0.2, 0) is 42.8 Å². The van der Waals surface area contributed by atoms with Crippen molar-refractivity contribution in [1.29, 1.82) is 0 Å². The highest BCUT2D eigenvalue weighted by atomic mass is 16.6. The zero-order chi connectivity index (χ0) is 56.2. The van der Waals surface area contributed by atoms with Gasteiger partial charge in [-0.3, -0.25) is 24.0 Å². The topological polar surface area (TPSA) is 276 Å². The van der Waals surface area contributed by atoms with Gasteiger partial charge in [-0.25, -0.2) is 13.5 Å². The van der Waals surface area contributed by atoms with Gasteiger partial charge < -0.3 is 60.2 Å². The van der Waals surface area contributed by atoms with Crippen LogP contribution in [0.15, 0.2) is 55.0 Å². The maximum atomic E-state index is 12.7. The van der Waals surface area contributed by atoms with Gasteiger partial charge in [0.2, 0.25) is 17.7 Å². The van der Waals surface area contributed by atoms with Crippen LogP contribution in [-0.4, -0.2) is 132 Å². The lowest BCUT2D eigenvalue weighted by Gasteiger charge is -2.21. The molecule has 0 spiro atoms. The van der Waals surface area contributed by atoms with Crippen LogP contribution in [0.5, 0.6) is 5.75 Å². The van der Waals surface area contributed by atoms with Crippen LogP contribution >= 0.6 is 0 Å². The zero-order valence-corrected chi connectivity index (χ0v) is 46.3. The predicted molar refractivity (Wildman–Crippen MR) is 298 cm³/mol. The third kappa shape index (κ3) is 14.2. The second kappa shape index (κ2) is 27.2. The molecule has 3 saturated carbocycles. The highest BCUT2D eigenvalue weighted by Crippen LogP contribution is 2.33. The summed E-state index contributed by atoms with van der Waals surface area (Å²) in [6, 6.07) is 11.2. The molecule has 23 heteroatoms. The molecule has 3 aliphatic heterocycles. The Bertz CT molecular complexity index is 3160. The van der Waals surface area contributed by atoms with Crippen molar-refractivity contribution in [2.24, 2.45) is 23.5 Å². The van der Waals surface area contributed by atoms with Crippen LogP contribution in [0.3, 0.4) is 0 Å². The molecule has 6 aromatic heterocycles. The van der Waals surface area contributed by atoms with E-state index in [2.05, 4.69) is 36.6 Å². The molecule has 3 atom stereocenters. The molecule has 5 amide bonds. The van der Waals surface area contributed by atoms with Crippen molar-refractivity contribution in [3.8, 4) is 5.75 Å². The van der Waals surface area contributed by atoms with E-state index in [0.717, 1.165) is 111 Å². The van der Waals surface area contributed by atoms with Gasteiger partial charge in [0.1, 0.15) is 18.3 Å². The molecule has 6 aliphatic rings. The van der Waals surface area contributed by atoms with Crippen molar-refractivity contribution in [1.82, 2.24) is 34.2 Å². The quantitative estimate of drug-likeness (QED) is 0.0805. The zero-order valence-electron chi connectivity index (χ0n) is 46.3. The third-order valence-corrected chi connectivity index (χ3v) is 15.9. The first-order chi connectivity index (χ1) is 39.5. The van der Waals surface area contributed by atoms with E-state index in [4.69, 9.17) is 38.9 Å². The fourth-order valence-electron chi connectivity index (χ4n) is 11.4. The van der Waals surface area contributed by atoms with E-state index in [1.807, 2.05) is 24.3 Å². The number of hydrogen-bond acceptors (Lipinski definition) is 15. The summed E-state index contributed by atoms with van der Waals surface area (Å²) in [5.41, 5.74) is 12.5. The van der Waals surface area contributed by atoms with Crippen molar-refractivity contribution in [3.63, 3.8) is 0 Å². The molecule has 3 aliphatic carbocycles. The molecule has 0 radical (unpaired) electrons. The Morgan fingerprint density at radius 1 is 0.494 bits per heavy atom. The van der Waals surface area contributed by atoms with Crippen molar-refractivity contribution in [2.75, 3.05) is 89.6 Å². The lowest BCUT2D eigenvalue weighted by Crippen LogP contribution is -2.27. The normalized spacial score (nSPS) is 21.2. The number of ether oxygens (including phenoxy) is 7. The number of primary amides is 1. The summed E-state index contributed by atoms with van der Waals surface area (Å²) in [7, 11) is 3.17. The highest BCUT2D eigenvalue weighted by molar-refractivity contribution is 6.05. The Morgan fingerprint density at radius 3 is 1.21 bits per heavy atom.